The van der Waals surface area contributed by atoms with E-state index in [9.17, 15) is 0 Å². The van der Waals surface area contributed by atoms with E-state index in [0.29, 0.717) is 23.6 Å². The van der Waals surface area contributed by atoms with Crippen LogP contribution in [0.3, 0.4) is 0 Å². The number of nitrogens with zero attached hydrogens (tertiary/aromatic N) is 2. The molecule has 1 aromatic carbocycles. The van der Waals surface area contributed by atoms with Gasteiger partial charge < -0.3 is 19.7 Å². The maximum absolute atomic E-state index is 5.87. The van der Waals surface area contributed by atoms with Crippen LogP contribution < -0.4 is 10.1 Å². The number of guanidine groups is 1. The summed E-state index contributed by atoms with van der Waals surface area (Å²) >= 11 is 5.87. The zero-order valence-electron chi connectivity index (χ0n) is 14.7. The number of hydrogen-bond donors (Lipinski definition) is 1. The van der Waals surface area contributed by atoms with Gasteiger partial charge in [0, 0.05) is 36.7 Å². The molecule has 2 aliphatic heterocycles. The van der Waals surface area contributed by atoms with Crippen LogP contribution in [-0.4, -0.2) is 56.9 Å². The van der Waals surface area contributed by atoms with E-state index in [2.05, 4.69) is 17.1 Å². The van der Waals surface area contributed by atoms with Crippen LogP contribution >= 0.6 is 35.6 Å². The van der Waals surface area contributed by atoms with Gasteiger partial charge in [-0.2, -0.15) is 0 Å². The van der Waals surface area contributed by atoms with Gasteiger partial charge in [0.05, 0.1) is 13.2 Å². The van der Waals surface area contributed by atoms with Crippen molar-refractivity contribution in [3.8, 4) is 5.75 Å². The topological polar surface area (TPSA) is 46.1 Å². The Balaban J connectivity index is 0.00000225. The highest BCUT2D eigenvalue weighted by Crippen LogP contribution is 2.38. The summed E-state index contributed by atoms with van der Waals surface area (Å²) < 4.78 is 11.3. The third-order valence-corrected chi connectivity index (χ3v) is 4.94. The van der Waals surface area contributed by atoms with Crippen molar-refractivity contribution in [2.45, 2.75) is 19.8 Å². The minimum Gasteiger partial charge on any atom is -0.492 e. The van der Waals surface area contributed by atoms with E-state index in [0.717, 1.165) is 44.6 Å². The predicted molar refractivity (Wildman–Crippen MR) is 112 cm³/mol. The summed E-state index contributed by atoms with van der Waals surface area (Å²) in [5.74, 6) is 1.81. The van der Waals surface area contributed by atoms with Gasteiger partial charge in [-0.05, 0) is 44.0 Å². The molecule has 3 rings (SSSR count). The van der Waals surface area contributed by atoms with Crippen molar-refractivity contribution in [1.29, 1.82) is 0 Å². The van der Waals surface area contributed by atoms with E-state index < -0.39 is 0 Å². The second-order valence-electron chi connectivity index (χ2n) is 6.51. The van der Waals surface area contributed by atoms with Gasteiger partial charge in [0.1, 0.15) is 12.4 Å². The monoisotopic (exact) mass is 479 g/mol. The van der Waals surface area contributed by atoms with E-state index in [-0.39, 0.29) is 24.0 Å². The first kappa shape index (κ1) is 20.6. The number of nitrogens with one attached hydrogen (secondary N) is 1. The lowest BCUT2D eigenvalue weighted by Crippen LogP contribution is -2.41. The molecule has 0 aliphatic carbocycles. The molecule has 0 amide bonds. The molecule has 0 saturated carbocycles. The molecule has 1 atom stereocenters. The number of rotatable bonds is 5. The molecule has 1 aromatic rings. The molecule has 140 valence electrons. The molecular formula is C18H27ClIN3O2. The number of halogens is 2. The first-order valence-electron chi connectivity index (χ1n) is 8.70. The molecule has 1 spiro atoms. The van der Waals surface area contributed by atoms with Crippen LogP contribution in [0.4, 0.5) is 0 Å². The minimum atomic E-state index is 0. The summed E-state index contributed by atoms with van der Waals surface area (Å²) in [5, 5.41) is 4.12. The first-order valence-corrected chi connectivity index (χ1v) is 9.08. The van der Waals surface area contributed by atoms with Gasteiger partial charge in [-0.1, -0.05) is 11.6 Å². The molecule has 2 heterocycles. The van der Waals surface area contributed by atoms with Gasteiger partial charge in [0.25, 0.3) is 0 Å². The molecule has 0 radical (unpaired) electrons. The Kier molecular flexibility index (Phi) is 8.09. The summed E-state index contributed by atoms with van der Waals surface area (Å²) in [5.41, 5.74) is 0.343. The number of aliphatic imine (C=N–C) groups is 1. The SMILES string of the molecule is CCNC(=NCCOc1ccc(Cl)cc1)N1CCC2(CCOC2)C1.I. The highest BCUT2D eigenvalue weighted by Gasteiger charge is 2.42. The number of likely N-dealkylation sites (tertiary alicyclic amines) is 1. The van der Waals surface area contributed by atoms with Crippen LogP contribution in [0.25, 0.3) is 0 Å². The van der Waals surface area contributed by atoms with Crippen LogP contribution in [0.2, 0.25) is 5.02 Å². The van der Waals surface area contributed by atoms with Crippen LogP contribution in [-0.2, 0) is 4.74 Å². The Morgan fingerprint density at radius 3 is 2.84 bits per heavy atom. The lowest BCUT2D eigenvalue weighted by Gasteiger charge is -2.25. The summed E-state index contributed by atoms with van der Waals surface area (Å²) in [7, 11) is 0. The van der Waals surface area contributed by atoms with Gasteiger partial charge >= 0.3 is 0 Å². The Hall–Kier alpha value is -0.730. The van der Waals surface area contributed by atoms with Gasteiger partial charge in [-0.3, -0.25) is 0 Å². The highest BCUT2D eigenvalue weighted by atomic mass is 127. The molecule has 25 heavy (non-hydrogen) atoms. The molecule has 0 bridgehead atoms. The van der Waals surface area contributed by atoms with Crippen molar-refractivity contribution in [3.63, 3.8) is 0 Å². The van der Waals surface area contributed by atoms with E-state index in [1.54, 1.807) is 0 Å². The van der Waals surface area contributed by atoms with Crippen molar-refractivity contribution < 1.29 is 9.47 Å². The van der Waals surface area contributed by atoms with Crippen molar-refractivity contribution >= 4 is 41.5 Å². The zero-order chi connectivity index (χ0) is 16.8. The molecular weight excluding hydrogens is 453 g/mol. The summed E-state index contributed by atoms with van der Waals surface area (Å²) in [6.07, 6.45) is 2.36. The summed E-state index contributed by atoms with van der Waals surface area (Å²) in [4.78, 5) is 7.08. The van der Waals surface area contributed by atoms with Crippen molar-refractivity contribution in [2.75, 3.05) is 46.0 Å². The summed E-state index contributed by atoms with van der Waals surface area (Å²) in [6.45, 7) is 8.04. The fourth-order valence-electron chi connectivity index (χ4n) is 3.36. The second-order valence-corrected chi connectivity index (χ2v) is 6.95. The Bertz CT molecular complexity index is 562. The third-order valence-electron chi connectivity index (χ3n) is 4.69. The maximum atomic E-state index is 5.87. The Morgan fingerprint density at radius 1 is 1.36 bits per heavy atom. The molecule has 2 fully saturated rings. The van der Waals surface area contributed by atoms with E-state index in [1.165, 1.54) is 12.8 Å². The second kappa shape index (κ2) is 9.83. The van der Waals surface area contributed by atoms with Crippen LogP contribution in [0.5, 0.6) is 5.75 Å². The Morgan fingerprint density at radius 2 is 2.16 bits per heavy atom. The quantitative estimate of drug-likeness (QED) is 0.304. The van der Waals surface area contributed by atoms with Gasteiger partial charge in [-0.25, -0.2) is 4.99 Å². The van der Waals surface area contributed by atoms with E-state index in [1.807, 2.05) is 24.3 Å². The molecule has 5 nitrogen and oxygen atoms in total. The number of benzene rings is 1. The maximum Gasteiger partial charge on any atom is 0.194 e. The van der Waals surface area contributed by atoms with Crippen LogP contribution in [0.1, 0.15) is 19.8 Å². The molecule has 2 saturated heterocycles. The lowest BCUT2D eigenvalue weighted by molar-refractivity contribution is 0.156. The largest absolute Gasteiger partial charge is 0.492 e. The summed E-state index contributed by atoms with van der Waals surface area (Å²) in [6, 6.07) is 7.41. The van der Waals surface area contributed by atoms with Gasteiger partial charge in [0.15, 0.2) is 5.96 Å². The van der Waals surface area contributed by atoms with Gasteiger partial charge in [0.2, 0.25) is 0 Å². The minimum absolute atomic E-state index is 0. The van der Waals surface area contributed by atoms with E-state index >= 15 is 0 Å². The molecule has 7 heteroatoms. The smallest absolute Gasteiger partial charge is 0.194 e. The fourth-order valence-corrected chi connectivity index (χ4v) is 3.48. The Labute approximate surface area is 172 Å². The molecule has 0 aromatic heterocycles. The predicted octanol–water partition coefficient (Wildman–Crippen LogP) is 3.41. The highest BCUT2D eigenvalue weighted by molar-refractivity contribution is 14.0. The fraction of sp³-hybridized carbons (Fsp3) is 0.611. The third kappa shape index (κ3) is 5.62. The lowest BCUT2D eigenvalue weighted by atomic mass is 9.87. The van der Waals surface area contributed by atoms with Gasteiger partial charge in [-0.15, -0.1) is 24.0 Å². The first-order chi connectivity index (χ1) is 11.7. The van der Waals surface area contributed by atoms with Crippen molar-refractivity contribution in [3.05, 3.63) is 29.3 Å². The molecule has 1 unspecified atom stereocenters. The molecule has 2 aliphatic rings. The average molecular weight is 480 g/mol. The normalized spacial score (nSPS) is 23.0. The van der Waals surface area contributed by atoms with Crippen LogP contribution in [0.15, 0.2) is 29.3 Å². The van der Waals surface area contributed by atoms with Crippen molar-refractivity contribution in [2.24, 2.45) is 10.4 Å². The number of hydrogen-bond acceptors (Lipinski definition) is 3. The molecule has 1 N–H and O–H groups in total. The zero-order valence-corrected chi connectivity index (χ0v) is 17.8. The van der Waals surface area contributed by atoms with Crippen molar-refractivity contribution in [1.82, 2.24) is 10.2 Å². The van der Waals surface area contributed by atoms with Crippen LogP contribution in [0, 0.1) is 5.41 Å². The van der Waals surface area contributed by atoms with E-state index in [4.69, 9.17) is 26.1 Å². The standard InChI is InChI=1S/C18H26ClN3O2.HI/c1-2-20-17(22-10-7-18(13-22)8-11-23-14-18)21-9-12-24-16-5-3-15(19)4-6-16;/h3-6H,2,7-14H2,1H3,(H,20,21);1H. The number of ether oxygens (including phenoxy) is 2. The average Bonchev–Trinajstić information content (AvgIpc) is 3.22.